The molecule has 3 amide bonds. The molecule has 1 aromatic carbocycles. The normalized spacial score (nSPS) is 24.5. The van der Waals surface area contributed by atoms with E-state index < -0.39 is 5.91 Å². The molecule has 21 heavy (non-hydrogen) atoms. The molecule has 0 spiro atoms. The van der Waals surface area contributed by atoms with Gasteiger partial charge in [0.25, 0.3) is 0 Å². The molecule has 2 aliphatic rings. The number of hydrogen-bond donors (Lipinski definition) is 2. The van der Waals surface area contributed by atoms with Crippen LogP contribution in [0.25, 0.3) is 0 Å². The molecule has 0 aromatic heterocycles. The highest BCUT2D eigenvalue weighted by Crippen LogP contribution is 2.36. The summed E-state index contributed by atoms with van der Waals surface area (Å²) in [5, 5.41) is 2.90. The Bertz CT molecular complexity index is 558. The van der Waals surface area contributed by atoms with Gasteiger partial charge in [-0.3, -0.25) is 4.79 Å². The molecule has 1 aliphatic heterocycles. The minimum atomic E-state index is -0.486. The summed E-state index contributed by atoms with van der Waals surface area (Å²) in [6.07, 6.45) is 5.89. The van der Waals surface area contributed by atoms with Gasteiger partial charge in [-0.2, -0.15) is 0 Å². The van der Waals surface area contributed by atoms with E-state index in [1.165, 1.54) is 19.3 Å². The first-order valence-corrected chi connectivity index (χ1v) is 7.62. The summed E-state index contributed by atoms with van der Waals surface area (Å²) in [4.78, 5) is 25.6. The monoisotopic (exact) mass is 287 g/mol. The van der Waals surface area contributed by atoms with Gasteiger partial charge in [0.1, 0.15) is 0 Å². The number of fused-ring (bicyclic) bond motifs is 1. The highest BCUT2D eigenvalue weighted by Gasteiger charge is 2.37. The molecule has 1 heterocycles. The van der Waals surface area contributed by atoms with Gasteiger partial charge in [0, 0.05) is 23.8 Å². The fourth-order valence-corrected chi connectivity index (χ4v) is 3.65. The Morgan fingerprint density at radius 2 is 2.00 bits per heavy atom. The van der Waals surface area contributed by atoms with E-state index in [1.54, 1.807) is 24.3 Å². The van der Waals surface area contributed by atoms with E-state index in [1.807, 2.05) is 4.90 Å². The molecule has 3 rings (SSSR count). The smallest absolute Gasteiger partial charge is 0.322 e. The molecular weight excluding hydrogens is 266 g/mol. The van der Waals surface area contributed by atoms with Crippen LogP contribution >= 0.6 is 0 Å². The minimum absolute atomic E-state index is 0.0618. The van der Waals surface area contributed by atoms with E-state index in [4.69, 9.17) is 5.73 Å². The fourth-order valence-electron chi connectivity index (χ4n) is 3.65. The van der Waals surface area contributed by atoms with Crippen LogP contribution < -0.4 is 11.1 Å². The minimum Gasteiger partial charge on any atom is -0.366 e. The summed E-state index contributed by atoms with van der Waals surface area (Å²) in [7, 11) is 0. The van der Waals surface area contributed by atoms with Gasteiger partial charge < -0.3 is 16.0 Å². The summed E-state index contributed by atoms with van der Waals surface area (Å²) in [6.45, 7) is 0.822. The van der Waals surface area contributed by atoms with Crippen molar-refractivity contribution in [3.05, 3.63) is 29.8 Å². The summed E-state index contributed by atoms with van der Waals surface area (Å²) in [6, 6.07) is 7.10. The number of nitrogens with one attached hydrogen (secondary N) is 1. The number of carbonyl (C=O) groups excluding carboxylic acids is 2. The van der Waals surface area contributed by atoms with Crippen LogP contribution in [0.5, 0.6) is 0 Å². The second kappa shape index (κ2) is 5.76. The van der Waals surface area contributed by atoms with Crippen LogP contribution in [-0.4, -0.2) is 29.4 Å². The second-order valence-electron chi connectivity index (χ2n) is 5.97. The van der Waals surface area contributed by atoms with E-state index in [9.17, 15) is 9.59 Å². The van der Waals surface area contributed by atoms with Gasteiger partial charge in [-0.15, -0.1) is 0 Å². The number of benzene rings is 1. The van der Waals surface area contributed by atoms with E-state index >= 15 is 0 Å². The zero-order valence-electron chi connectivity index (χ0n) is 12.0. The maximum absolute atomic E-state index is 12.5. The molecule has 1 saturated heterocycles. The van der Waals surface area contributed by atoms with Crippen molar-refractivity contribution in [2.45, 2.75) is 38.1 Å². The number of primary amides is 1. The number of rotatable bonds is 2. The summed E-state index contributed by atoms with van der Waals surface area (Å²) >= 11 is 0. The summed E-state index contributed by atoms with van der Waals surface area (Å²) in [5.41, 5.74) is 6.29. The number of carbonyl (C=O) groups is 2. The lowest BCUT2D eigenvalue weighted by Crippen LogP contribution is -2.48. The Hall–Kier alpha value is -2.04. The van der Waals surface area contributed by atoms with Gasteiger partial charge in [0.2, 0.25) is 5.91 Å². The zero-order valence-corrected chi connectivity index (χ0v) is 12.0. The van der Waals surface area contributed by atoms with Crippen molar-refractivity contribution in [2.75, 3.05) is 11.9 Å². The largest absolute Gasteiger partial charge is 0.366 e. The first-order valence-electron chi connectivity index (χ1n) is 7.62. The van der Waals surface area contributed by atoms with Crippen molar-refractivity contribution in [3.8, 4) is 0 Å². The third-order valence-corrected chi connectivity index (χ3v) is 4.65. The summed E-state index contributed by atoms with van der Waals surface area (Å²) < 4.78 is 0. The van der Waals surface area contributed by atoms with E-state index in [0.717, 1.165) is 19.4 Å². The summed E-state index contributed by atoms with van der Waals surface area (Å²) in [5.74, 6) is 0.182. The van der Waals surface area contributed by atoms with Gasteiger partial charge in [-0.05, 0) is 49.8 Å². The standard InChI is InChI=1S/C16H21N3O2/c17-15(20)12-5-1-7-13(10-12)18-16(21)19-9-3-6-11-4-2-8-14(11)19/h1,5,7,10-11,14H,2-4,6,8-9H2,(H2,17,20)(H,18,21). The van der Waals surface area contributed by atoms with E-state index in [-0.39, 0.29) is 6.03 Å². The lowest BCUT2D eigenvalue weighted by atomic mass is 9.92. The van der Waals surface area contributed by atoms with Crippen molar-refractivity contribution in [2.24, 2.45) is 11.7 Å². The number of anilines is 1. The molecule has 0 bridgehead atoms. The van der Waals surface area contributed by atoms with Gasteiger partial charge in [-0.25, -0.2) is 4.79 Å². The van der Waals surface area contributed by atoms with E-state index in [0.29, 0.717) is 23.2 Å². The quantitative estimate of drug-likeness (QED) is 0.877. The third-order valence-electron chi connectivity index (χ3n) is 4.65. The number of hydrogen-bond acceptors (Lipinski definition) is 2. The van der Waals surface area contributed by atoms with Crippen molar-refractivity contribution in [1.29, 1.82) is 0 Å². The number of nitrogens with two attached hydrogens (primary N) is 1. The van der Waals surface area contributed by atoms with Crippen LogP contribution in [0, 0.1) is 5.92 Å². The first kappa shape index (κ1) is 13.9. The predicted octanol–water partition coefficient (Wildman–Crippen LogP) is 2.58. The molecule has 2 atom stereocenters. The molecule has 2 fully saturated rings. The Morgan fingerprint density at radius 1 is 1.19 bits per heavy atom. The molecule has 2 unspecified atom stereocenters. The molecule has 5 heteroatoms. The Morgan fingerprint density at radius 3 is 2.81 bits per heavy atom. The SMILES string of the molecule is NC(=O)c1cccc(NC(=O)N2CCCC3CCCC32)c1. The maximum Gasteiger partial charge on any atom is 0.322 e. The zero-order chi connectivity index (χ0) is 14.8. The lowest BCUT2D eigenvalue weighted by molar-refractivity contribution is 0.1000. The Labute approximate surface area is 124 Å². The third kappa shape index (κ3) is 2.86. The molecule has 5 nitrogen and oxygen atoms in total. The Kier molecular flexibility index (Phi) is 3.82. The average molecular weight is 287 g/mol. The molecule has 3 N–H and O–H groups in total. The van der Waals surface area contributed by atoms with Crippen LogP contribution in [0.4, 0.5) is 10.5 Å². The number of urea groups is 1. The second-order valence-corrected chi connectivity index (χ2v) is 5.97. The lowest BCUT2D eigenvalue weighted by Gasteiger charge is -2.37. The Balaban J connectivity index is 1.71. The van der Waals surface area contributed by atoms with Gasteiger partial charge in [0.05, 0.1) is 0 Å². The topological polar surface area (TPSA) is 75.4 Å². The van der Waals surface area contributed by atoms with Crippen molar-refractivity contribution >= 4 is 17.6 Å². The maximum atomic E-state index is 12.5. The van der Waals surface area contributed by atoms with Crippen LogP contribution in [0.3, 0.4) is 0 Å². The van der Waals surface area contributed by atoms with Crippen molar-refractivity contribution in [3.63, 3.8) is 0 Å². The number of likely N-dealkylation sites (tertiary alicyclic amines) is 1. The van der Waals surface area contributed by atoms with Crippen molar-refractivity contribution < 1.29 is 9.59 Å². The van der Waals surface area contributed by atoms with Crippen LogP contribution in [0.2, 0.25) is 0 Å². The van der Waals surface area contributed by atoms with Crippen LogP contribution in [0.1, 0.15) is 42.5 Å². The molecule has 1 aliphatic carbocycles. The van der Waals surface area contributed by atoms with Crippen LogP contribution in [-0.2, 0) is 0 Å². The molecular formula is C16H21N3O2. The number of amides is 3. The first-order chi connectivity index (χ1) is 10.1. The van der Waals surface area contributed by atoms with E-state index in [2.05, 4.69) is 5.32 Å². The highest BCUT2D eigenvalue weighted by molar-refractivity contribution is 5.96. The molecule has 1 saturated carbocycles. The highest BCUT2D eigenvalue weighted by atomic mass is 16.2. The molecule has 0 radical (unpaired) electrons. The number of nitrogens with zero attached hydrogens (tertiary/aromatic N) is 1. The van der Waals surface area contributed by atoms with Crippen LogP contribution in [0.15, 0.2) is 24.3 Å². The number of piperidine rings is 1. The average Bonchev–Trinajstić information content (AvgIpc) is 2.95. The predicted molar refractivity (Wildman–Crippen MR) is 81.0 cm³/mol. The molecule has 112 valence electrons. The van der Waals surface area contributed by atoms with Gasteiger partial charge in [0.15, 0.2) is 0 Å². The van der Waals surface area contributed by atoms with Gasteiger partial charge in [-0.1, -0.05) is 12.5 Å². The van der Waals surface area contributed by atoms with Gasteiger partial charge >= 0.3 is 6.03 Å². The molecule has 1 aromatic rings. The van der Waals surface area contributed by atoms with Crippen molar-refractivity contribution in [1.82, 2.24) is 4.90 Å². The fraction of sp³-hybridized carbons (Fsp3) is 0.500.